The fourth-order valence-corrected chi connectivity index (χ4v) is 2.84. The molecule has 1 aliphatic rings. The summed E-state index contributed by atoms with van der Waals surface area (Å²) in [5.41, 5.74) is 1.98. The average Bonchev–Trinajstić information content (AvgIpc) is 2.90. The van der Waals surface area contributed by atoms with Crippen LogP contribution in [0, 0.1) is 5.92 Å². The fourth-order valence-electron chi connectivity index (χ4n) is 2.58. The molecule has 0 radical (unpaired) electrons. The molecule has 1 fully saturated rings. The molecule has 0 spiro atoms. The van der Waals surface area contributed by atoms with Crippen LogP contribution in [0.15, 0.2) is 58.7 Å². The standard InChI is InChI=1S/C21H21BrN2O3/c1-14(2)13-27-18-9-5-15(6-10-18)11-19-20(25)24(21(26)23-19)12-16-3-7-17(22)8-4-16/h3-11,14H,12-13H2,1-2H3,(H,23,26)/b19-11+. The van der Waals surface area contributed by atoms with Gasteiger partial charge in [0.2, 0.25) is 0 Å². The number of carbonyl (C=O) groups excluding carboxylic acids is 2. The van der Waals surface area contributed by atoms with Crippen molar-refractivity contribution in [3.63, 3.8) is 0 Å². The molecule has 3 amide bonds. The molecule has 0 saturated carbocycles. The van der Waals surface area contributed by atoms with Crippen molar-refractivity contribution in [3.05, 3.63) is 69.8 Å². The van der Waals surface area contributed by atoms with Gasteiger partial charge in [0.05, 0.1) is 13.2 Å². The lowest BCUT2D eigenvalue weighted by atomic mass is 10.1. The zero-order chi connectivity index (χ0) is 19.4. The quantitative estimate of drug-likeness (QED) is 0.541. The summed E-state index contributed by atoms with van der Waals surface area (Å²) >= 11 is 3.37. The normalized spacial score (nSPS) is 15.6. The molecule has 1 N–H and O–H groups in total. The van der Waals surface area contributed by atoms with E-state index >= 15 is 0 Å². The average molecular weight is 429 g/mol. The molecular formula is C21H21BrN2O3. The van der Waals surface area contributed by atoms with Gasteiger partial charge in [-0.05, 0) is 47.4 Å². The van der Waals surface area contributed by atoms with Crippen molar-refractivity contribution in [1.29, 1.82) is 0 Å². The van der Waals surface area contributed by atoms with Gasteiger partial charge >= 0.3 is 6.03 Å². The van der Waals surface area contributed by atoms with Crippen molar-refractivity contribution in [2.24, 2.45) is 5.92 Å². The molecule has 1 saturated heterocycles. The number of rotatable bonds is 6. The third-order valence-corrected chi connectivity index (χ3v) is 4.52. The number of hydrogen-bond donors (Lipinski definition) is 1. The summed E-state index contributed by atoms with van der Waals surface area (Å²) in [6.07, 6.45) is 1.67. The van der Waals surface area contributed by atoms with E-state index in [4.69, 9.17) is 4.74 Å². The molecule has 0 aliphatic carbocycles. The SMILES string of the molecule is CC(C)COc1ccc(/C=C2/NC(=O)N(Cc3ccc(Br)cc3)C2=O)cc1. The summed E-state index contributed by atoms with van der Waals surface area (Å²) in [5, 5.41) is 2.65. The van der Waals surface area contributed by atoms with Gasteiger partial charge in [0.25, 0.3) is 5.91 Å². The van der Waals surface area contributed by atoms with Crippen molar-refractivity contribution < 1.29 is 14.3 Å². The highest BCUT2D eigenvalue weighted by Crippen LogP contribution is 2.20. The first-order chi connectivity index (χ1) is 12.9. The van der Waals surface area contributed by atoms with Gasteiger partial charge in [0, 0.05) is 4.47 Å². The van der Waals surface area contributed by atoms with Gasteiger partial charge < -0.3 is 10.1 Å². The molecule has 2 aromatic carbocycles. The first kappa shape index (κ1) is 19.2. The minimum atomic E-state index is -0.411. The first-order valence-electron chi connectivity index (χ1n) is 8.74. The molecule has 3 rings (SSSR count). The van der Waals surface area contributed by atoms with Gasteiger partial charge in [-0.2, -0.15) is 0 Å². The Morgan fingerprint density at radius 1 is 1.07 bits per heavy atom. The van der Waals surface area contributed by atoms with Crippen LogP contribution in [0.4, 0.5) is 4.79 Å². The Morgan fingerprint density at radius 2 is 1.74 bits per heavy atom. The molecule has 0 unspecified atom stereocenters. The highest BCUT2D eigenvalue weighted by molar-refractivity contribution is 9.10. The number of amides is 3. The van der Waals surface area contributed by atoms with Crippen LogP contribution in [0.3, 0.4) is 0 Å². The van der Waals surface area contributed by atoms with Crippen LogP contribution in [-0.4, -0.2) is 23.4 Å². The summed E-state index contributed by atoms with van der Waals surface area (Å²) in [4.78, 5) is 26.0. The first-order valence-corrected chi connectivity index (χ1v) is 9.53. The van der Waals surface area contributed by atoms with E-state index in [1.165, 1.54) is 4.90 Å². The largest absolute Gasteiger partial charge is 0.493 e. The highest BCUT2D eigenvalue weighted by atomic mass is 79.9. The Labute approximate surface area is 167 Å². The summed E-state index contributed by atoms with van der Waals surface area (Å²) in [6, 6.07) is 14.5. The number of imide groups is 1. The molecule has 0 bridgehead atoms. The second-order valence-electron chi connectivity index (χ2n) is 6.78. The number of benzene rings is 2. The lowest BCUT2D eigenvalue weighted by Gasteiger charge is -2.11. The smallest absolute Gasteiger partial charge is 0.329 e. The Hall–Kier alpha value is -2.60. The number of carbonyl (C=O) groups is 2. The van der Waals surface area contributed by atoms with Crippen LogP contribution in [0.5, 0.6) is 5.75 Å². The van der Waals surface area contributed by atoms with E-state index in [-0.39, 0.29) is 18.1 Å². The highest BCUT2D eigenvalue weighted by Gasteiger charge is 2.33. The number of nitrogens with one attached hydrogen (secondary N) is 1. The van der Waals surface area contributed by atoms with Gasteiger partial charge in [0.1, 0.15) is 11.4 Å². The molecule has 5 nitrogen and oxygen atoms in total. The minimum Gasteiger partial charge on any atom is -0.493 e. The molecule has 1 aliphatic heterocycles. The zero-order valence-corrected chi connectivity index (χ0v) is 16.8. The van der Waals surface area contributed by atoms with Gasteiger partial charge in [-0.15, -0.1) is 0 Å². The molecule has 6 heteroatoms. The van der Waals surface area contributed by atoms with Crippen molar-refractivity contribution in [3.8, 4) is 5.75 Å². The predicted octanol–water partition coefficient (Wildman–Crippen LogP) is 4.58. The maximum Gasteiger partial charge on any atom is 0.329 e. The van der Waals surface area contributed by atoms with Crippen LogP contribution in [-0.2, 0) is 11.3 Å². The van der Waals surface area contributed by atoms with Crippen molar-refractivity contribution in [2.75, 3.05) is 6.61 Å². The number of hydrogen-bond acceptors (Lipinski definition) is 3. The van der Waals surface area contributed by atoms with E-state index in [1.54, 1.807) is 6.08 Å². The fraction of sp³-hybridized carbons (Fsp3) is 0.238. The van der Waals surface area contributed by atoms with Gasteiger partial charge in [-0.25, -0.2) is 4.79 Å². The van der Waals surface area contributed by atoms with Gasteiger partial charge in [-0.3, -0.25) is 9.69 Å². The summed E-state index contributed by atoms with van der Waals surface area (Å²) < 4.78 is 6.60. The predicted molar refractivity (Wildman–Crippen MR) is 108 cm³/mol. The Balaban J connectivity index is 1.69. The second-order valence-corrected chi connectivity index (χ2v) is 7.70. The third kappa shape index (κ3) is 4.98. The zero-order valence-electron chi connectivity index (χ0n) is 15.2. The molecule has 0 aromatic heterocycles. The van der Waals surface area contributed by atoms with Crippen molar-refractivity contribution in [2.45, 2.75) is 20.4 Å². The minimum absolute atomic E-state index is 0.233. The Morgan fingerprint density at radius 3 is 2.37 bits per heavy atom. The van der Waals surface area contributed by atoms with Crippen molar-refractivity contribution in [1.82, 2.24) is 10.2 Å². The maximum absolute atomic E-state index is 12.6. The van der Waals surface area contributed by atoms with Crippen LogP contribution in [0.2, 0.25) is 0 Å². The summed E-state index contributed by atoms with van der Waals surface area (Å²) in [5.74, 6) is 0.905. The molecule has 0 atom stereocenters. The molecule has 1 heterocycles. The van der Waals surface area contributed by atoms with Crippen LogP contribution in [0.1, 0.15) is 25.0 Å². The molecule has 140 valence electrons. The Kier molecular flexibility index (Phi) is 5.96. The molecule has 27 heavy (non-hydrogen) atoms. The second kappa shape index (κ2) is 8.39. The van der Waals surface area contributed by atoms with E-state index in [0.29, 0.717) is 12.5 Å². The number of halogens is 1. The van der Waals surface area contributed by atoms with Gasteiger partial charge in [0.15, 0.2) is 0 Å². The lowest BCUT2D eigenvalue weighted by molar-refractivity contribution is -0.123. The number of nitrogens with zero attached hydrogens (tertiary/aromatic N) is 1. The summed E-state index contributed by atoms with van der Waals surface area (Å²) in [6.45, 7) is 5.07. The van der Waals surface area contributed by atoms with E-state index < -0.39 is 6.03 Å². The number of urea groups is 1. The van der Waals surface area contributed by atoms with E-state index in [0.717, 1.165) is 21.3 Å². The van der Waals surface area contributed by atoms with Gasteiger partial charge in [-0.1, -0.05) is 54.0 Å². The summed E-state index contributed by atoms with van der Waals surface area (Å²) in [7, 11) is 0. The molecule has 2 aromatic rings. The van der Waals surface area contributed by atoms with E-state index in [1.807, 2.05) is 48.5 Å². The van der Waals surface area contributed by atoms with E-state index in [2.05, 4.69) is 35.1 Å². The third-order valence-electron chi connectivity index (χ3n) is 3.99. The maximum atomic E-state index is 12.6. The monoisotopic (exact) mass is 428 g/mol. The Bertz CT molecular complexity index is 858. The number of ether oxygens (including phenoxy) is 1. The lowest BCUT2D eigenvalue weighted by Crippen LogP contribution is -2.30. The van der Waals surface area contributed by atoms with Crippen molar-refractivity contribution >= 4 is 33.9 Å². The van der Waals surface area contributed by atoms with Crippen LogP contribution < -0.4 is 10.1 Å². The molecular weight excluding hydrogens is 408 g/mol. The van der Waals surface area contributed by atoms with E-state index in [9.17, 15) is 9.59 Å². The van der Waals surface area contributed by atoms with Crippen LogP contribution >= 0.6 is 15.9 Å². The van der Waals surface area contributed by atoms with Crippen LogP contribution in [0.25, 0.3) is 6.08 Å². The topological polar surface area (TPSA) is 58.6 Å².